The van der Waals surface area contributed by atoms with Gasteiger partial charge in [0.05, 0.1) is 12.3 Å². The molecule has 0 radical (unpaired) electrons. The fourth-order valence-electron chi connectivity index (χ4n) is 3.25. The van der Waals surface area contributed by atoms with Crippen molar-refractivity contribution in [3.8, 4) is 11.3 Å². The van der Waals surface area contributed by atoms with Crippen LogP contribution < -0.4 is 10.2 Å². The lowest BCUT2D eigenvalue weighted by Crippen LogP contribution is -2.25. The van der Waals surface area contributed by atoms with Crippen LogP contribution in [0.5, 0.6) is 0 Å². The molecule has 0 atom stereocenters. The lowest BCUT2D eigenvalue weighted by Gasteiger charge is -2.22. The Kier molecular flexibility index (Phi) is 5.21. The standard InChI is InChI=1S/C22H23N5O/c1-2-26(14-15-28)19-10-8-18(9-11-19)24-21-22-23-12-13-27(22)16-20(25-21)17-6-4-3-5-7-17/h3-13,16,28H,2,14-15H2,1H3,(H,24,25). The molecule has 6 nitrogen and oxygen atoms in total. The minimum absolute atomic E-state index is 0.141. The maximum atomic E-state index is 9.21. The molecule has 2 aromatic carbocycles. The van der Waals surface area contributed by atoms with Crippen molar-refractivity contribution in [2.75, 3.05) is 29.9 Å². The molecule has 0 aliphatic heterocycles. The monoisotopic (exact) mass is 373 g/mol. The average Bonchev–Trinajstić information content (AvgIpc) is 3.22. The molecule has 0 aliphatic rings. The molecule has 0 saturated heterocycles. The molecule has 2 aromatic heterocycles. The number of likely N-dealkylation sites (N-methyl/N-ethyl adjacent to an activating group) is 1. The van der Waals surface area contributed by atoms with Gasteiger partial charge in [0.15, 0.2) is 11.5 Å². The lowest BCUT2D eigenvalue weighted by molar-refractivity contribution is 0.302. The first-order valence-corrected chi connectivity index (χ1v) is 9.40. The van der Waals surface area contributed by atoms with Crippen LogP contribution in [0.25, 0.3) is 16.9 Å². The minimum atomic E-state index is 0.141. The Morgan fingerprint density at radius 1 is 1.07 bits per heavy atom. The first kappa shape index (κ1) is 18.0. The van der Waals surface area contributed by atoms with E-state index in [0.29, 0.717) is 12.4 Å². The van der Waals surface area contributed by atoms with E-state index in [1.165, 1.54) is 0 Å². The number of aliphatic hydroxyl groups is 1. The van der Waals surface area contributed by atoms with Gasteiger partial charge in [-0.25, -0.2) is 9.97 Å². The van der Waals surface area contributed by atoms with Gasteiger partial charge in [0.1, 0.15) is 0 Å². The normalized spacial score (nSPS) is 10.9. The van der Waals surface area contributed by atoms with Gasteiger partial charge in [-0.05, 0) is 31.2 Å². The topological polar surface area (TPSA) is 65.7 Å². The SMILES string of the molecule is CCN(CCO)c1ccc(Nc2nc(-c3ccccc3)cn3ccnc23)cc1. The van der Waals surface area contributed by atoms with Crippen LogP contribution in [0.4, 0.5) is 17.2 Å². The molecule has 0 spiro atoms. The van der Waals surface area contributed by atoms with E-state index in [1.807, 2.05) is 71.4 Å². The smallest absolute Gasteiger partial charge is 0.180 e. The zero-order valence-corrected chi connectivity index (χ0v) is 15.8. The van der Waals surface area contributed by atoms with Gasteiger partial charge in [0.2, 0.25) is 0 Å². The molecule has 28 heavy (non-hydrogen) atoms. The number of imidazole rings is 1. The maximum absolute atomic E-state index is 9.21. The van der Waals surface area contributed by atoms with E-state index in [-0.39, 0.29) is 6.61 Å². The first-order valence-electron chi connectivity index (χ1n) is 9.40. The predicted molar refractivity (Wildman–Crippen MR) is 113 cm³/mol. The van der Waals surface area contributed by atoms with Gasteiger partial charge in [-0.3, -0.25) is 0 Å². The molecule has 2 heterocycles. The first-order chi connectivity index (χ1) is 13.8. The highest BCUT2D eigenvalue weighted by atomic mass is 16.3. The molecule has 0 fully saturated rings. The van der Waals surface area contributed by atoms with Crippen molar-refractivity contribution in [2.45, 2.75) is 6.92 Å². The summed E-state index contributed by atoms with van der Waals surface area (Å²) in [5.74, 6) is 0.710. The Morgan fingerprint density at radius 3 is 2.57 bits per heavy atom. The summed E-state index contributed by atoms with van der Waals surface area (Å²) < 4.78 is 1.98. The fourth-order valence-corrected chi connectivity index (χ4v) is 3.25. The lowest BCUT2D eigenvalue weighted by atomic mass is 10.2. The van der Waals surface area contributed by atoms with Gasteiger partial charge in [0.25, 0.3) is 0 Å². The van der Waals surface area contributed by atoms with Crippen LogP contribution in [0.1, 0.15) is 6.92 Å². The summed E-state index contributed by atoms with van der Waals surface area (Å²) in [5, 5.41) is 12.6. The van der Waals surface area contributed by atoms with Crippen LogP contribution in [0.3, 0.4) is 0 Å². The summed E-state index contributed by atoms with van der Waals surface area (Å²) in [5.41, 5.74) is 4.73. The quantitative estimate of drug-likeness (QED) is 0.513. The summed E-state index contributed by atoms with van der Waals surface area (Å²) in [4.78, 5) is 11.4. The van der Waals surface area contributed by atoms with Gasteiger partial charge in [-0.1, -0.05) is 30.3 Å². The van der Waals surface area contributed by atoms with Crippen LogP contribution >= 0.6 is 0 Å². The number of fused-ring (bicyclic) bond motifs is 1. The summed E-state index contributed by atoms with van der Waals surface area (Å²) in [6.45, 7) is 3.69. The second kappa shape index (κ2) is 8.10. The van der Waals surface area contributed by atoms with Crippen molar-refractivity contribution >= 4 is 22.8 Å². The third-order valence-corrected chi connectivity index (χ3v) is 4.69. The van der Waals surface area contributed by atoms with Crippen molar-refractivity contribution in [1.29, 1.82) is 0 Å². The number of nitrogens with zero attached hydrogens (tertiary/aromatic N) is 4. The van der Waals surface area contributed by atoms with Gasteiger partial charge in [0, 0.05) is 48.6 Å². The molecule has 4 rings (SSSR count). The van der Waals surface area contributed by atoms with Crippen LogP contribution in [0.2, 0.25) is 0 Å². The van der Waals surface area contributed by atoms with E-state index >= 15 is 0 Å². The summed E-state index contributed by atoms with van der Waals surface area (Å²) in [6, 6.07) is 18.2. The van der Waals surface area contributed by atoms with Crippen molar-refractivity contribution < 1.29 is 5.11 Å². The Balaban J connectivity index is 1.65. The number of aromatic nitrogens is 3. The van der Waals surface area contributed by atoms with Crippen molar-refractivity contribution in [3.05, 3.63) is 73.2 Å². The van der Waals surface area contributed by atoms with Gasteiger partial charge < -0.3 is 19.7 Å². The third kappa shape index (κ3) is 3.68. The zero-order chi connectivity index (χ0) is 19.3. The van der Waals surface area contributed by atoms with Gasteiger partial charge >= 0.3 is 0 Å². The van der Waals surface area contributed by atoms with Crippen LogP contribution in [0.15, 0.2) is 73.2 Å². The molecule has 0 amide bonds. The highest BCUT2D eigenvalue weighted by molar-refractivity contribution is 5.74. The van der Waals surface area contributed by atoms with E-state index < -0.39 is 0 Å². The Bertz CT molecular complexity index is 1040. The number of aliphatic hydroxyl groups excluding tert-OH is 1. The van der Waals surface area contributed by atoms with Crippen molar-refractivity contribution in [3.63, 3.8) is 0 Å². The van der Waals surface area contributed by atoms with Crippen LogP contribution in [-0.2, 0) is 0 Å². The van der Waals surface area contributed by atoms with E-state index in [9.17, 15) is 5.11 Å². The molecule has 4 aromatic rings. The van der Waals surface area contributed by atoms with E-state index in [4.69, 9.17) is 4.98 Å². The second-order valence-electron chi connectivity index (χ2n) is 6.47. The Morgan fingerprint density at radius 2 is 1.86 bits per heavy atom. The highest BCUT2D eigenvalue weighted by Gasteiger charge is 2.10. The summed E-state index contributed by atoms with van der Waals surface area (Å²) in [7, 11) is 0. The average molecular weight is 373 g/mol. The number of nitrogens with one attached hydrogen (secondary N) is 1. The number of hydrogen-bond acceptors (Lipinski definition) is 5. The van der Waals surface area contributed by atoms with E-state index in [2.05, 4.69) is 22.1 Å². The van der Waals surface area contributed by atoms with E-state index in [1.54, 1.807) is 6.20 Å². The number of benzene rings is 2. The number of rotatable bonds is 7. The molecule has 0 unspecified atom stereocenters. The molecular weight excluding hydrogens is 350 g/mol. The van der Waals surface area contributed by atoms with Crippen LogP contribution in [-0.4, -0.2) is 39.2 Å². The summed E-state index contributed by atoms with van der Waals surface area (Å²) >= 11 is 0. The molecule has 0 bridgehead atoms. The fraction of sp³-hybridized carbons (Fsp3) is 0.182. The van der Waals surface area contributed by atoms with Gasteiger partial charge in [-0.15, -0.1) is 0 Å². The molecule has 0 aliphatic carbocycles. The Labute approximate surface area is 164 Å². The maximum Gasteiger partial charge on any atom is 0.180 e. The number of hydrogen-bond donors (Lipinski definition) is 2. The second-order valence-corrected chi connectivity index (χ2v) is 6.47. The molecule has 142 valence electrons. The molecular formula is C22H23N5O. The van der Waals surface area contributed by atoms with Crippen LogP contribution in [0, 0.1) is 0 Å². The summed E-state index contributed by atoms with van der Waals surface area (Å²) in [6.07, 6.45) is 5.68. The third-order valence-electron chi connectivity index (χ3n) is 4.69. The molecule has 6 heteroatoms. The molecule has 0 saturated carbocycles. The van der Waals surface area contributed by atoms with Gasteiger partial charge in [-0.2, -0.15) is 0 Å². The minimum Gasteiger partial charge on any atom is -0.395 e. The van der Waals surface area contributed by atoms with E-state index in [0.717, 1.165) is 34.8 Å². The zero-order valence-electron chi connectivity index (χ0n) is 15.8. The largest absolute Gasteiger partial charge is 0.395 e. The highest BCUT2D eigenvalue weighted by Crippen LogP contribution is 2.25. The Hall–Kier alpha value is -3.38. The predicted octanol–water partition coefficient (Wildman–Crippen LogP) is 3.96. The van der Waals surface area contributed by atoms with Crippen molar-refractivity contribution in [1.82, 2.24) is 14.4 Å². The van der Waals surface area contributed by atoms with Crippen molar-refractivity contribution in [2.24, 2.45) is 0 Å². The molecule has 2 N–H and O–H groups in total. The number of anilines is 3.